The first-order valence-corrected chi connectivity index (χ1v) is 3.43. The molecule has 0 aliphatic carbocycles. The van der Waals surface area contributed by atoms with Gasteiger partial charge in [0.2, 0.25) is 0 Å². The number of pyridine rings is 1. The summed E-state index contributed by atoms with van der Waals surface area (Å²) < 4.78 is 0. The molecule has 54 valence electrons. The molecular formula is C7H9NOS. The van der Waals surface area contributed by atoms with Gasteiger partial charge >= 0.3 is 0 Å². The van der Waals surface area contributed by atoms with E-state index in [0.717, 1.165) is 16.0 Å². The molecule has 0 saturated carbocycles. The van der Waals surface area contributed by atoms with Crippen molar-refractivity contribution in [3.05, 3.63) is 23.5 Å². The van der Waals surface area contributed by atoms with Crippen molar-refractivity contribution in [3.63, 3.8) is 0 Å². The third-order valence-corrected chi connectivity index (χ3v) is 1.91. The number of thiol groups is 1. The zero-order chi connectivity index (χ0) is 7.56. The second-order valence-electron chi connectivity index (χ2n) is 2.10. The number of hydrogen-bond donors (Lipinski definition) is 2. The molecule has 0 amide bonds. The molecule has 10 heavy (non-hydrogen) atoms. The highest BCUT2D eigenvalue weighted by atomic mass is 32.1. The van der Waals surface area contributed by atoms with Crippen molar-refractivity contribution >= 4 is 12.6 Å². The molecule has 1 aromatic rings. The Labute approximate surface area is 65.3 Å². The van der Waals surface area contributed by atoms with Crippen LogP contribution < -0.4 is 0 Å². The van der Waals surface area contributed by atoms with E-state index in [4.69, 9.17) is 5.11 Å². The van der Waals surface area contributed by atoms with Gasteiger partial charge in [-0.05, 0) is 18.1 Å². The van der Waals surface area contributed by atoms with E-state index in [9.17, 15) is 0 Å². The van der Waals surface area contributed by atoms with E-state index in [-0.39, 0.29) is 6.61 Å². The van der Waals surface area contributed by atoms with Crippen molar-refractivity contribution < 1.29 is 5.11 Å². The molecule has 0 saturated heterocycles. The summed E-state index contributed by atoms with van der Waals surface area (Å²) in [4.78, 5) is 4.70. The number of aliphatic hydroxyl groups is 1. The van der Waals surface area contributed by atoms with Crippen LogP contribution in [0.2, 0.25) is 0 Å². The summed E-state index contributed by atoms with van der Waals surface area (Å²) >= 11 is 4.15. The van der Waals surface area contributed by atoms with E-state index in [0.29, 0.717) is 0 Å². The third kappa shape index (κ3) is 1.30. The standard InChI is InChI=1S/C7H9NOS/c1-5-6(4-9)2-8-3-7(5)10/h2-3,9-10H,4H2,1H3. The Morgan fingerprint density at radius 3 is 2.80 bits per heavy atom. The lowest BCUT2D eigenvalue weighted by Crippen LogP contribution is -1.90. The van der Waals surface area contributed by atoms with E-state index in [2.05, 4.69) is 17.6 Å². The molecular weight excluding hydrogens is 146 g/mol. The van der Waals surface area contributed by atoms with Crippen LogP contribution in [-0.4, -0.2) is 10.1 Å². The zero-order valence-corrected chi connectivity index (χ0v) is 6.60. The quantitative estimate of drug-likeness (QED) is 0.597. The Balaban J connectivity index is 3.14. The Bertz CT molecular complexity index is 237. The highest BCUT2D eigenvalue weighted by Gasteiger charge is 1.98. The average Bonchev–Trinajstić information content (AvgIpc) is 1.95. The summed E-state index contributed by atoms with van der Waals surface area (Å²) in [6.45, 7) is 1.95. The molecule has 0 atom stereocenters. The van der Waals surface area contributed by atoms with Crippen LogP contribution in [0.3, 0.4) is 0 Å². The molecule has 0 aromatic carbocycles. The minimum atomic E-state index is 0.0350. The van der Waals surface area contributed by atoms with Crippen molar-refractivity contribution in [2.24, 2.45) is 0 Å². The Morgan fingerprint density at radius 2 is 2.30 bits per heavy atom. The van der Waals surface area contributed by atoms with Crippen LogP contribution in [0.5, 0.6) is 0 Å². The van der Waals surface area contributed by atoms with Gasteiger partial charge in [0, 0.05) is 17.3 Å². The summed E-state index contributed by atoms with van der Waals surface area (Å²) in [5.41, 5.74) is 1.84. The highest BCUT2D eigenvalue weighted by molar-refractivity contribution is 7.80. The number of aromatic nitrogens is 1. The van der Waals surface area contributed by atoms with Crippen LogP contribution >= 0.6 is 12.6 Å². The van der Waals surface area contributed by atoms with Crippen LogP contribution in [0.15, 0.2) is 17.3 Å². The number of hydrogen-bond acceptors (Lipinski definition) is 3. The van der Waals surface area contributed by atoms with Gasteiger partial charge in [-0.25, -0.2) is 0 Å². The average molecular weight is 155 g/mol. The summed E-state index contributed by atoms with van der Waals surface area (Å²) in [5.74, 6) is 0. The fraction of sp³-hybridized carbons (Fsp3) is 0.286. The molecule has 3 heteroatoms. The minimum Gasteiger partial charge on any atom is -0.392 e. The maximum absolute atomic E-state index is 8.77. The Kier molecular flexibility index (Phi) is 2.29. The first kappa shape index (κ1) is 7.57. The lowest BCUT2D eigenvalue weighted by molar-refractivity contribution is 0.280. The third-order valence-electron chi connectivity index (χ3n) is 1.46. The van der Waals surface area contributed by atoms with E-state index < -0.39 is 0 Å². The van der Waals surface area contributed by atoms with E-state index in [1.54, 1.807) is 12.4 Å². The molecule has 1 aromatic heterocycles. The molecule has 0 unspecified atom stereocenters. The van der Waals surface area contributed by atoms with Gasteiger partial charge in [0.25, 0.3) is 0 Å². The molecule has 0 aliphatic heterocycles. The van der Waals surface area contributed by atoms with Crippen molar-refractivity contribution in [2.45, 2.75) is 18.4 Å². The summed E-state index contributed by atoms with van der Waals surface area (Å²) in [7, 11) is 0. The molecule has 0 bridgehead atoms. The van der Waals surface area contributed by atoms with Crippen LogP contribution in [0.4, 0.5) is 0 Å². The second-order valence-corrected chi connectivity index (χ2v) is 2.58. The van der Waals surface area contributed by atoms with Crippen LogP contribution in [0, 0.1) is 6.92 Å². The molecule has 0 aliphatic rings. The molecule has 0 radical (unpaired) electrons. The van der Waals surface area contributed by atoms with Gasteiger partial charge in [-0.2, -0.15) is 0 Å². The molecule has 1 heterocycles. The first-order chi connectivity index (χ1) is 4.75. The van der Waals surface area contributed by atoms with Gasteiger partial charge in [-0.15, -0.1) is 12.6 Å². The lowest BCUT2D eigenvalue weighted by Gasteiger charge is -2.02. The zero-order valence-electron chi connectivity index (χ0n) is 5.70. The number of nitrogens with zero attached hydrogens (tertiary/aromatic N) is 1. The van der Waals surface area contributed by atoms with Crippen molar-refractivity contribution in [2.75, 3.05) is 0 Å². The monoisotopic (exact) mass is 155 g/mol. The van der Waals surface area contributed by atoms with E-state index in [1.807, 2.05) is 6.92 Å². The van der Waals surface area contributed by atoms with Crippen molar-refractivity contribution in [1.82, 2.24) is 4.98 Å². The predicted octanol–water partition coefficient (Wildman–Crippen LogP) is 1.17. The largest absolute Gasteiger partial charge is 0.392 e. The minimum absolute atomic E-state index is 0.0350. The first-order valence-electron chi connectivity index (χ1n) is 2.99. The van der Waals surface area contributed by atoms with Gasteiger partial charge in [-0.3, -0.25) is 4.98 Å². The molecule has 1 N–H and O–H groups in total. The van der Waals surface area contributed by atoms with Crippen LogP contribution in [0.25, 0.3) is 0 Å². The maximum Gasteiger partial charge on any atom is 0.0699 e. The summed E-state index contributed by atoms with van der Waals surface area (Å²) in [6, 6.07) is 0. The topological polar surface area (TPSA) is 33.1 Å². The van der Waals surface area contributed by atoms with Crippen molar-refractivity contribution in [3.8, 4) is 0 Å². The van der Waals surface area contributed by atoms with Gasteiger partial charge < -0.3 is 5.11 Å². The van der Waals surface area contributed by atoms with Gasteiger partial charge in [0.1, 0.15) is 0 Å². The summed E-state index contributed by atoms with van der Waals surface area (Å²) in [5, 5.41) is 8.77. The predicted molar refractivity (Wildman–Crippen MR) is 42.1 cm³/mol. The molecule has 0 fully saturated rings. The Hall–Kier alpha value is -0.540. The van der Waals surface area contributed by atoms with E-state index in [1.165, 1.54) is 0 Å². The molecule has 0 spiro atoms. The van der Waals surface area contributed by atoms with Gasteiger partial charge in [0.05, 0.1) is 6.61 Å². The highest BCUT2D eigenvalue weighted by Crippen LogP contribution is 2.14. The Morgan fingerprint density at radius 1 is 1.60 bits per heavy atom. The van der Waals surface area contributed by atoms with Gasteiger partial charge in [0.15, 0.2) is 0 Å². The normalized spacial score (nSPS) is 9.90. The number of rotatable bonds is 1. The number of aliphatic hydroxyl groups excluding tert-OH is 1. The van der Waals surface area contributed by atoms with Crippen LogP contribution in [0.1, 0.15) is 11.1 Å². The summed E-state index contributed by atoms with van der Waals surface area (Å²) in [6.07, 6.45) is 3.31. The molecule has 2 nitrogen and oxygen atoms in total. The lowest BCUT2D eigenvalue weighted by atomic mass is 10.2. The van der Waals surface area contributed by atoms with Crippen LogP contribution in [-0.2, 0) is 6.61 Å². The second kappa shape index (κ2) is 3.03. The maximum atomic E-state index is 8.77. The fourth-order valence-corrected chi connectivity index (χ4v) is 0.926. The van der Waals surface area contributed by atoms with E-state index >= 15 is 0 Å². The van der Waals surface area contributed by atoms with Gasteiger partial charge in [-0.1, -0.05) is 0 Å². The smallest absolute Gasteiger partial charge is 0.0699 e. The SMILES string of the molecule is Cc1c(S)cncc1CO. The molecule has 1 rings (SSSR count). The van der Waals surface area contributed by atoms with Crippen molar-refractivity contribution in [1.29, 1.82) is 0 Å². The fourth-order valence-electron chi connectivity index (χ4n) is 0.715.